The molecule has 0 amide bonds. The van der Waals surface area contributed by atoms with Crippen LogP contribution in [0.3, 0.4) is 0 Å². The largest absolute Gasteiger partial charge is 0.363 e. The number of hydrogen-bond donors (Lipinski definition) is 1. The zero-order valence-electron chi connectivity index (χ0n) is 12.5. The minimum atomic E-state index is 0.453. The summed E-state index contributed by atoms with van der Waals surface area (Å²) in [6, 6.07) is 2.08. The number of nitrogens with one attached hydrogen (secondary N) is 1. The van der Waals surface area contributed by atoms with Crippen LogP contribution in [0.1, 0.15) is 30.3 Å². The van der Waals surface area contributed by atoms with E-state index in [1.807, 2.05) is 14.1 Å². The second kappa shape index (κ2) is 6.30. The summed E-state index contributed by atoms with van der Waals surface area (Å²) < 4.78 is 0. The molecule has 5 nitrogen and oxygen atoms in total. The van der Waals surface area contributed by atoms with E-state index < -0.39 is 0 Å². The Kier molecular flexibility index (Phi) is 4.71. The second-order valence-corrected chi connectivity index (χ2v) is 5.75. The Balaban J connectivity index is 2.27. The van der Waals surface area contributed by atoms with Crippen LogP contribution in [0.4, 0.5) is 5.82 Å². The maximum atomic E-state index is 4.76. The summed E-state index contributed by atoms with van der Waals surface area (Å²) in [5.74, 6) is 2.46. The molecule has 0 radical (unpaired) electrons. The third-order valence-corrected chi connectivity index (χ3v) is 3.38. The molecule has 0 spiro atoms. The molecule has 1 aromatic rings. The summed E-state index contributed by atoms with van der Waals surface area (Å²) in [6.45, 7) is 2.98. The van der Waals surface area contributed by atoms with Gasteiger partial charge in [-0.15, -0.1) is 0 Å². The molecule has 0 bridgehead atoms. The van der Waals surface area contributed by atoms with Gasteiger partial charge in [-0.1, -0.05) is 0 Å². The first-order chi connectivity index (χ1) is 9.06. The van der Waals surface area contributed by atoms with E-state index in [1.54, 1.807) is 0 Å². The Morgan fingerprint density at radius 1 is 1.26 bits per heavy atom. The molecule has 0 saturated carbocycles. The maximum absolute atomic E-state index is 4.76. The third-order valence-electron chi connectivity index (χ3n) is 3.38. The second-order valence-electron chi connectivity index (χ2n) is 5.75. The van der Waals surface area contributed by atoms with E-state index in [-0.39, 0.29) is 0 Å². The molecule has 1 aromatic heterocycles. The molecule has 1 N–H and O–H groups in total. The van der Waals surface area contributed by atoms with Crippen molar-refractivity contribution in [3.63, 3.8) is 0 Å². The Morgan fingerprint density at radius 3 is 2.63 bits per heavy atom. The first-order valence-electron chi connectivity index (χ1n) is 6.97. The lowest BCUT2D eigenvalue weighted by Crippen LogP contribution is -2.30. The molecule has 5 heteroatoms. The van der Waals surface area contributed by atoms with E-state index >= 15 is 0 Å². The molecule has 1 fully saturated rings. The zero-order valence-corrected chi connectivity index (χ0v) is 12.5. The summed E-state index contributed by atoms with van der Waals surface area (Å²) in [5.41, 5.74) is 1.10. The topological polar surface area (TPSA) is 44.3 Å². The quantitative estimate of drug-likeness (QED) is 0.880. The summed E-state index contributed by atoms with van der Waals surface area (Å²) in [4.78, 5) is 13.7. The van der Waals surface area contributed by atoms with E-state index in [4.69, 9.17) is 9.97 Å². The summed E-state index contributed by atoms with van der Waals surface area (Å²) in [5, 5.41) is 3.44. The Hall–Kier alpha value is -1.20. The highest BCUT2D eigenvalue weighted by molar-refractivity contribution is 5.38. The van der Waals surface area contributed by atoms with Gasteiger partial charge >= 0.3 is 0 Å². The van der Waals surface area contributed by atoms with Gasteiger partial charge in [-0.2, -0.15) is 0 Å². The molecule has 1 aliphatic heterocycles. The first kappa shape index (κ1) is 14.2. The van der Waals surface area contributed by atoms with Gasteiger partial charge < -0.3 is 15.1 Å². The average Bonchev–Trinajstić information content (AvgIpc) is 2.38. The number of aromatic nitrogens is 2. The van der Waals surface area contributed by atoms with Gasteiger partial charge in [-0.3, -0.25) is 0 Å². The lowest BCUT2D eigenvalue weighted by Gasteiger charge is -2.23. The highest BCUT2D eigenvalue weighted by atomic mass is 15.2. The SMILES string of the molecule is CN(C)Cc1cc(N(C)C)nc(C2CCCNC2)n1. The number of piperidine rings is 1. The van der Waals surface area contributed by atoms with Crippen molar-refractivity contribution in [2.45, 2.75) is 25.3 Å². The van der Waals surface area contributed by atoms with Gasteiger partial charge in [-0.25, -0.2) is 9.97 Å². The molecule has 106 valence electrons. The van der Waals surface area contributed by atoms with E-state index in [2.05, 4.69) is 35.3 Å². The van der Waals surface area contributed by atoms with Crippen molar-refractivity contribution in [2.75, 3.05) is 46.2 Å². The third kappa shape index (κ3) is 3.88. The van der Waals surface area contributed by atoms with Crippen LogP contribution in [-0.4, -0.2) is 56.1 Å². The van der Waals surface area contributed by atoms with Crippen molar-refractivity contribution in [3.05, 3.63) is 17.6 Å². The molecule has 1 unspecified atom stereocenters. The van der Waals surface area contributed by atoms with Gasteiger partial charge in [0.15, 0.2) is 0 Å². The molecule has 1 aliphatic rings. The van der Waals surface area contributed by atoms with Gasteiger partial charge in [0.2, 0.25) is 0 Å². The molecule has 2 rings (SSSR count). The predicted molar refractivity (Wildman–Crippen MR) is 78.6 cm³/mol. The number of rotatable bonds is 4. The fourth-order valence-corrected chi connectivity index (χ4v) is 2.39. The molecule has 0 aliphatic carbocycles. The molecular formula is C14H25N5. The summed E-state index contributed by atoms with van der Waals surface area (Å²) in [7, 11) is 8.20. The van der Waals surface area contributed by atoms with Crippen LogP contribution in [0.2, 0.25) is 0 Å². The molecule has 19 heavy (non-hydrogen) atoms. The molecule has 0 aromatic carbocycles. The van der Waals surface area contributed by atoms with Crippen LogP contribution < -0.4 is 10.2 Å². The smallest absolute Gasteiger partial charge is 0.135 e. The maximum Gasteiger partial charge on any atom is 0.135 e. The van der Waals surface area contributed by atoms with Gasteiger partial charge in [0.1, 0.15) is 11.6 Å². The standard InChI is InChI=1S/C14H25N5/c1-18(2)10-12-8-13(19(3)4)17-14(16-12)11-6-5-7-15-9-11/h8,11,15H,5-7,9-10H2,1-4H3. The lowest BCUT2D eigenvalue weighted by molar-refractivity contribution is 0.392. The number of hydrogen-bond acceptors (Lipinski definition) is 5. The molecular weight excluding hydrogens is 238 g/mol. The monoisotopic (exact) mass is 263 g/mol. The predicted octanol–water partition coefficient (Wildman–Crippen LogP) is 1.07. The van der Waals surface area contributed by atoms with Crippen molar-refractivity contribution < 1.29 is 0 Å². The number of anilines is 1. The first-order valence-corrected chi connectivity index (χ1v) is 6.97. The van der Waals surface area contributed by atoms with Crippen LogP contribution in [0.25, 0.3) is 0 Å². The van der Waals surface area contributed by atoms with Crippen molar-refractivity contribution in [3.8, 4) is 0 Å². The van der Waals surface area contributed by atoms with Gasteiger partial charge in [0.25, 0.3) is 0 Å². The Bertz CT molecular complexity index is 410. The summed E-state index contributed by atoms with van der Waals surface area (Å²) in [6.07, 6.45) is 2.40. The van der Waals surface area contributed by atoms with Crippen LogP contribution in [0.15, 0.2) is 6.07 Å². The zero-order chi connectivity index (χ0) is 13.8. The average molecular weight is 263 g/mol. The van der Waals surface area contributed by atoms with Crippen LogP contribution in [-0.2, 0) is 6.54 Å². The lowest BCUT2D eigenvalue weighted by atomic mass is 9.99. The van der Waals surface area contributed by atoms with Crippen LogP contribution >= 0.6 is 0 Å². The van der Waals surface area contributed by atoms with E-state index in [1.165, 1.54) is 12.8 Å². The molecule has 1 atom stereocenters. The van der Waals surface area contributed by atoms with Crippen LogP contribution in [0, 0.1) is 0 Å². The number of nitrogens with zero attached hydrogens (tertiary/aromatic N) is 4. The van der Waals surface area contributed by atoms with Crippen LogP contribution in [0.5, 0.6) is 0 Å². The fraction of sp³-hybridized carbons (Fsp3) is 0.714. The minimum Gasteiger partial charge on any atom is -0.363 e. The molecule has 1 saturated heterocycles. The van der Waals surface area contributed by atoms with Crippen molar-refractivity contribution in [2.24, 2.45) is 0 Å². The summed E-state index contributed by atoms with van der Waals surface area (Å²) >= 11 is 0. The fourth-order valence-electron chi connectivity index (χ4n) is 2.39. The Morgan fingerprint density at radius 2 is 2.05 bits per heavy atom. The van der Waals surface area contributed by atoms with Gasteiger partial charge in [0, 0.05) is 39.2 Å². The minimum absolute atomic E-state index is 0.453. The van der Waals surface area contributed by atoms with Gasteiger partial charge in [0.05, 0.1) is 5.69 Å². The van der Waals surface area contributed by atoms with Gasteiger partial charge in [-0.05, 0) is 33.5 Å². The van der Waals surface area contributed by atoms with Crippen molar-refractivity contribution in [1.82, 2.24) is 20.2 Å². The molecule has 2 heterocycles. The Labute approximate surface area is 116 Å². The van der Waals surface area contributed by atoms with Crippen molar-refractivity contribution in [1.29, 1.82) is 0 Å². The van der Waals surface area contributed by atoms with E-state index in [9.17, 15) is 0 Å². The van der Waals surface area contributed by atoms with E-state index in [0.717, 1.165) is 37.0 Å². The van der Waals surface area contributed by atoms with E-state index in [0.29, 0.717) is 5.92 Å². The normalized spacial score (nSPS) is 19.7. The highest BCUT2D eigenvalue weighted by Gasteiger charge is 2.19. The highest BCUT2D eigenvalue weighted by Crippen LogP contribution is 2.22. The van der Waals surface area contributed by atoms with Crippen molar-refractivity contribution >= 4 is 5.82 Å².